The Morgan fingerprint density at radius 3 is 2.44 bits per heavy atom. The van der Waals surface area contributed by atoms with Gasteiger partial charge < -0.3 is 5.32 Å². The second-order valence-electron chi connectivity index (χ2n) is 6.21. The smallest absolute Gasteiger partial charge is 0.265 e. The standard InChI is InChI=1S/C18H22N2O3S2/c1-14-9-10-17(24-14)18(21)19-15-7-6-8-16(13-15)25(22,23)20-11-4-2-3-5-12-20/h6-10,13H,2-5,11-12H2,1H3,(H,19,21). The van der Waals surface area contributed by atoms with Crippen molar-refractivity contribution in [2.75, 3.05) is 18.4 Å². The molecule has 3 rings (SSSR count). The van der Waals surface area contributed by atoms with Crippen LogP contribution in [0.15, 0.2) is 41.3 Å². The molecule has 1 N–H and O–H groups in total. The summed E-state index contributed by atoms with van der Waals surface area (Å²) in [5.74, 6) is -0.220. The van der Waals surface area contributed by atoms with Gasteiger partial charge >= 0.3 is 0 Å². The lowest BCUT2D eigenvalue weighted by molar-refractivity contribution is 0.103. The summed E-state index contributed by atoms with van der Waals surface area (Å²) in [6.07, 6.45) is 3.94. The molecule has 2 aromatic rings. The summed E-state index contributed by atoms with van der Waals surface area (Å²) < 4.78 is 27.3. The number of carbonyl (C=O) groups excluding carboxylic acids is 1. The van der Waals surface area contributed by atoms with Crippen LogP contribution in [0.1, 0.15) is 40.2 Å². The summed E-state index contributed by atoms with van der Waals surface area (Å²) in [5, 5.41) is 2.79. The zero-order valence-corrected chi connectivity index (χ0v) is 15.8. The number of nitrogens with zero attached hydrogens (tertiary/aromatic N) is 1. The number of anilines is 1. The van der Waals surface area contributed by atoms with E-state index in [1.54, 1.807) is 34.6 Å². The second-order valence-corrected chi connectivity index (χ2v) is 9.44. The maximum Gasteiger partial charge on any atom is 0.265 e. The molecular weight excluding hydrogens is 356 g/mol. The van der Waals surface area contributed by atoms with E-state index >= 15 is 0 Å². The number of amides is 1. The Hall–Kier alpha value is -1.70. The van der Waals surface area contributed by atoms with Gasteiger partial charge in [0.25, 0.3) is 5.91 Å². The summed E-state index contributed by atoms with van der Waals surface area (Å²) >= 11 is 1.41. The largest absolute Gasteiger partial charge is 0.321 e. The lowest BCUT2D eigenvalue weighted by atomic mass is 10.2. The molecule has 25 heavy (non-hydrogen) atoms. The Bertz CT molecular complexity index is 851. The monoisotopic (exact) mass is 378 g/mol. The molecule has 1 aromatic carbocycles. The Morgan fingerprint density at radius 1 is 1.08 bits per heavy atom. The van der Waals surface area contributed by atoms with Crippen molar-refractivity contribution in [3.8, 4) is 0 Å². The van der Waals surface area contributed by atoms with Gasteiger partial charge in [0, 0.05) is 23.7 Å². The number of sulfonamides is 1. The number of thiophene rings is 1. The van der Waals surface area contributed by atoms with Crippen LogP contribution in [-0.4, -0.2) is 31.7 Å². The number of aryl methyl sites for hydroxylation is 1. The van der Waals surface area contributed by atoms with Crippen molar-refractivity contribution >= 4 is 33.0 Å². The molecule has 1 aliphatic heterocycles. The number of hydrogen-bond donors (Lipinski definition) is 1. The van der Waals surface area contributed by atoms with E-state index in [0.717, 1.165) is 30.6 Å². The number of rotatable bonds is 4. The normalized spacial score (nSPS) is 16.4. The first-order valence-corrected chi connectivity index (χ1v) is 10.7. The first kappa shape index (κ1) is 18.1. The maximum absolute atomic E-state index is 12.9. The van der Waals surface area contributed by atoms with Crippen molar-refractivity contribution in [3.05, 3.63) is 46.2 Å². The quantitative estimate of drug-likeness (QED) is 0.878. The molecule has 7 heteroatoms. The molecule has 134 valence electrons. The molecule has 0 aliphatic carbocycles. The van der Waals surface area contributed by atoms with Crippen LogP contribution in [0.5, 0.6) is 0 Å². The molecule has 1 fully saturated rings. The van der Waals surface area contributed by atoms with Crippen LogP contribution in [-0.2, 0) is 10.0 Å². The minimum absolute atomic E-state index is 0.220. The summed E-state index contributed by atoms with van der Waals surface area (Å²) in [6, 6.07) is 10.2. The van der Waals surface area contributed by atoms with Crippen LogP contribution >= 0.6 is 11.3 Å². The predicted octanol–water partition coefficient (Wildman–Crippen LogP) is 3.87. The minimum Gasteiger partial charge on any atom is -0.321 e. The Kier molecular flexibility index (Phi) is 5.56. The van der Waals surface area contributed by atoms with Gasteiger partial charge in [-0.2, -0.15) is 4.31 Å². The van der Waals surface area contributed by atoms with Gasteiger partial charge in [0.2, 0.25) is 10.0 Å². The zero-order valence-electron chi connectivity index (χ0n) is 14.2. The van der Waals surface area contributed by atoms with Crippen LogP contribution in [0.4, 0.5) is 5.69 Å². The molecule has 0 bridgehead atoms. The molecule has 0 spiro atoms. The van der Waals surface area contributed by atoms with Crippen molar-refractivity contribution in [1.82, 2.24) is 4.31 Å². The number of benzene rings is 1. The van der Waals surface area contributed by atoms with E-state index in [-0.39, 0.29) is 10.8 Å². The first-order valence-electron chi connectivity index (χ1n) is 8.45. The fourth-order valence-electron chi connectivity index (χ4n) is 2.91. The molecule has 0 radical (unpaired) electrons. The van der Waals surface area contributed by atoms with Gasteiger partial charge in [0.05, 0.1) is 9.77 Å². The van der Waals surface area contributed by atoms with Gasteiger partial charge in [0.1, 0.15) is 0 Å². The molecule has 1 aliphatic rings. The van der Waals surface area contributed by atoms with Crippen molar-refractivity contribution in [2.24, 2.45) is 0 Å². The number of carbonyl (C=O) groups is 1. The third kappa shape index (κ3) is 4.29. The molecule has 0 unspecified atom stereocenters. The molecular formula is C18H22N2O3S2. The molecule has 2 heterocycles. The summed E-state index contributed by atoms with van der Waals surface area (Å²) in [7, 11) is -3.52. The fourth-order valence-corrected chi connectivity index (χ4v) is 5.24. The highest BCUT2D eigenvalue weighted by molar-refractivity contribution is 7.89. The molecule has 5 nitrogen and oxygen atoms in total. The van der Waals surface area contributed by atoms with Crippen molar-refractivity contribution in [1.29, 1.82) is 0 Å². The lowest BCUT2D eigenvalue weighted by Crippen LogP contribution is -2.32. The predicted molar refractivity (Wildman–Crippen MR) is 101 cm³/mol. The average Bonchev–Trinajstić information content (AvgIpc) is 2.85. The van der Waals surface area contributed by atoms with Gasteiger partial charge in [-0.05, 0) is 50.1 Å². The van der Waals surface area contributed by atoms with E-state index in [1.165, 1.54) is 11.3 Å². The highest BCUT2D eigenvalue weighted by atomic mass is 32.2. The fraction of sp³-hybridized carbons (Fsp3) is 0.389. The third-order valence-electron chi connectivity index (χ3n) is 4.26. The second kappa shape index (κ2) is 7.68. The Labute approximate surface area is 152 Å². The highest BCUT2D eigenvalue weighted by Gasteiger charge is 2.25. The molecule has 1 aromatic heterocycles. The van der Waals surface area contributed by atoms with Gasteiger partial charge in [-0.15, -0.1) is 11.3 Å². The van der Waals surface area contributed by atoms with E-state index in [1.807, 2.05) is 13.0 Å². The van der Waals surface area contributed by atoms with E-state index in [0.29, 0.717) is 23.7 Å². The van der Waals surface area contributed by atoms with Crippen molar-refractivity contribution in [3.63, 3.8) is 0 Å². The number of hydrogen-bond acceptors (Lipinski definition) is 4. The molecule has 0 atom stereocenters. The van der Waals surface area contributed by atoms with Gasteiger partial charge in [0.15, 0.2) is 0 Å². The zero-order chi connectivity index (χ0) is 17.9. The topological polar surface area (TPSA) is 66.5 Å². The lowest BCUT2D eigenvalue weighted by Gasteiger charge is -2.20. The van der Waals surface area contributed by atoms with E-state index in [9.17, 15) is 13.2 Å². The SMILES string of the molecule is Cc1ccc(C(=O)Nc2cccc(S(=O)(=O)N3CCCCCC3)c2)s1. The van der Waals surface area contributed by atoms with Crippen LogP contribution in [0, 0.1) is 6.92 Å². The van der Waals surface area contributed by atoms with Crippen molar-refractivity contribution in [2.45, 2.75) is 37.5 Å². The van der Waals surface area contributed by atoms with Crippen LogP contribution < -0.4 is 5.32 Å². The summed E-state index contributed by atoms with van der Waals surface area (Å²) in [5.41, 5.74) is 0.493. The Balaban J connectivity index is 1.79. The number of nitrogens with one attached hydrogen (secondary N) is 1. The van der Waals surface area contributed by atoms with Gasteiger partial charge in [-0.3, -0.25) is 4.79 Å². The highest BCUT2D eigenvalue weighted by Crippen LogP contribution is 2.23. The molecule has 1 amide bonds. The van der Waals surface area contributed by atoms with E-state index in [2.05, 4.69) is 5.32 Å². The van der Waals surface area contributed by atoms with Crippen LogP contribution in [0.25, 0.3) is 0 Å². The molecule has 1 saturated heterocycles. The van der Waals surface area contributed by atoms with Crippen LogP contribution in [0.3, 0.4) is 0 Å². The van der Waals surface area contributed by atoms with E-state index in [4.69, 9.17) is 0 Å². The van der Waals surface area contributed by atoms with Crippen LogP contribution in [0.2, 0.25) is 0 Å². The third-order valence-corrected chi connectivity index (χ3v) is 7.15. The van der Waals surface area contributed by atoms with Gasteiger partial charge in [-0.1, -0.05) is 18.9 Å². The Morgan fingerprint density at radius 2 is 1.80 bits per heavy atom. The van der Waals surface area contributed by atoms with Gasteiger partial charge in [-0.25, -0.2) is 8.42 Å². The first-order chi connectivity index (χ1) is 12.0. The average molecular weight is 379 g/mol. The maximum atomic E-state index is 12.9. The minimum atomic E-state index is -3.52. The summed E-state index contributed by atoms with van der Waals surface area (Å²) in [6.45, 7) is 3.07. The summed E-state index contributed by atoms with van der Waals surface area (Å²) in [4.78, 5) is 14.2. The van der Waals surface area contributed by atoms with Crippen molar-refractivity contribution < 1.29 is 13.2 Å². The van der Waals surface area contributed by atoms with E-state index < -0.39 is 10.0 Å². The molecule has 0 saturated carbocycles.